The summed E-state index contributed by atoms with van der Waals surface area (Å²) in [6.07, 6.45) is 1.69. The Morgan fingerprint density at radius 2 is 1.94 bits per heavy atom. The molecule has 0 radical (unpaired) electrons. The first-order chi connectivity index (χ1) is 17.5. The Morgan fingerprint density at radius 3 is 2.75 bits per heavy atom. The van der Waals surface area contributed by atoms with Crippen LogP contribution in [0, 0.1) is 12.8 Å². The second kappa shape index (κ2) is 10.5. The minimum atomic E-state index is -0.0490. The van der Waals surface area contributed by atoms with E-state index in [-0.39, 0.29) is 5.91 Å². The van der Waals surface area contributed by atoms with Crippen LogP contribution in [0.25, 0.3) is 16.9 Å². The van der Waals surface area contributed by atoms with Gasteiger partial charge in [0, 0.05) is 41.7 Å². The number of carbonyl (C=O) groups is 1. The molecule has 1 amide bonds. The molecule has 7 heteroatoms. The van der Waals surface area contributed by atoms with Gasteiger partial charge in [0.15, 0.2) is 0 Å². The summed E-state index contributed by atoms with van der Waals surface area (Å²) < 4.78 is 7.78. The third-order valence-corrected chi connectivity index (χ3v) is 6.60. The largest absolute Gasteiger partial charge is 0.376 e. The molecule has 2 aromatic heterocycles. The lowest BCUT2D eigenvalue weighted by Crippen LogP contribution is -2.25. The van der Waals surface area contributed by atoms with Crippen molar-refractivity contribution in [2.75, 3.05) is 18.5 Å². The predicted molar refractivity (Wildman–Crippen MR) is 143 cm³/mol. The monoisotopic (exact) mass is 483 g/mol. The number of amides is 1. The van der Waals surface area contributed by atoms with Crippen molar-refractivity contribution in [3.05, 3.63) is 82.7 Å². The molecule has 186 valence electrons. The number of rotatable bonds is 8. The normalized spacial score (nSPS) is 13.1. The summed E-state index contributed by atoms with van der Waals surface area (Å²) in [6.45, 7) is 8.82. The highest BCUT2D eigenvalue weighted by Crippen LogP contribution is 2.29. The van der Waals surface area contributed by atoms with E-state index in [0.29, 0.717) is 43.7 Å². The van der Waals surface area contributed by atoms with E-state index in [4.69, 9.17) is 14.7 Å². The third kappa shape index (κ3) is 4.97. The molecule has 0 bridgehead atoms. The van der Waals surface area contributed by atoms with Gasteiger partial charge in [-0.2, -0.15) is 4.98 Å². The Balaban J connectivity index is 1.52. The number of nitrogens with zero attached hydrogens (tertiary/aromatic N) is 3. The van der Waals surface area contributed by atoms with Crippen LogP contribution >= 0.6 is 0 Å². The fraction of sp³-hybridized carbons (Fsp3) is 0.345. The summed E-state index contributed by atoms with van der Waals surface area (Å²) >= 11 is 0. The number of fused-ring (bicyclic) bond motifs is 2. The van der Waals surface area contributed by atoms with Crippen LogP contribution in [0.2, 0.25) is 0 Å². The molecule has 3 heterocycles. The number of aromatic nitrogens is 3. The molecule has 0 spiro atoms. The molecule has 0 saturated heterocycles. The minimum Gasteiger partial charge on any atom is -0.376 e. The van der Waals surface area contributed by atoms with Crippen molar-refractivity contribution in [1.29, 1.82) is 0 Å². The molecule has 0 saturated carbocycles. The fourth-order valence-electron chi connectivity index (χ4n) is 4.64. The summed E-state index contributed by atoms with van der Waals surface area (Å²) in [6, 6.07) is 18.2. The van der Waals surface area contributed by atoms with Crippen molar-refractivity contribution >= 4 is 22.6 Å². The summed E-state index contributed by atoms with van der Waals surface area (Å²) in [4.78, 5) is 22.9. The molecular formula is C29H33N5O2. The zero-order valence-electron chi connectivity index (χ0n) is 21.2. The molecule has 0 atom stereocenters. The maximum Gasteiger partial charge on any atom is 0.251 e. The van der Waals surface area contributed by atoms with E-state index in [1.165, 1.54) is 5.56 Å². The molecule has 0 aliphatic carbocycles. The first kappa shape index (κ1) is 24.0. The van der Waals surface area contributed by atoms with Gasteiger partial charge in [0.2, 0.25) is 5.95 Å². The number of aryl methyl sites for hydroxylation is 1. The van der Waals surface area contributed by atoms with Crippen LogP contribution in [0.5, 0.6) is 0 Å². The smallest absolute Gasteiger partial charge is 0.251 e. The topological polar surface area (TPSA) is 81.1 Å². The van der Waals surface area contributed by atoms with Gasteiger partial charge in [-0.1, -0.05) is 50.2 Å². The van der Waals surface area contributed by atoms with Crippen LogP contribution in [0.15, 0.2) is 54.6 Å². The summed E-state index contributed by atoms with van der Waals surface area (Å²) in [5.41, 5.74) is 5.77. The van der Waals surface area contributed by atoms with E-state index in [9.17, 15) is 4.79 Å². The van der Waals surface area contributed by atoms with Gasteiger partial charge in [-0.15, -0.1) is 0 Å². The number of nitrogens with one attached hydrogen (secondary N) is 2. The average molecular weight is 484 g/mol. The first-order valence-corrected chi connectivity index (χ1v) is 12.7. The molecule has 0 unspecified atom stereocenters. The quantitative estimate of drug-likeness (QED) is 0.361. The van der Waals surface area contributed by atoms with Crippen LogP contribution in [0.1, 0.15) is 53.1 Å². The highest BCUT2D eigenvalue weighted by molar-refractivity contribution is 6.07. The van der Waals surface area contributed by atoms with Gasteiger partial charge in [0.1, 0.15) is 5.82 Å². The number of hydrogen-bond donors (Lipinski definition) is 2. The Hall–Kier alpha value is -3.71. The molecule has 4 aromatic rings. The summed E-state index contributed by atoms with van der Waals surface area (Å²) in [5.74, 6) is 1.89. The van der Waals surface area contributed by atoms with Gasteiger partial charge in [0.05, 0.1) is 24.4 Å². The molecule has 7 nitrogen and oxygen atoms in total. The fourth-order valence-corrected chi connectivity index (χ4v) is 4.64. The lowest BCUT2D eigenvalue weighted by molar-refractivity contribution is 0.0953. The van der Waals surface area contributed by atoms with Crippen LogP contribution in [-0.2, 0) is 24.3 Å². The van der Waals surface area contributed by atoms with Crippen molar-refractivity contribution in [3.63, 3.8) is 0 Å². The van der Waals surface area contributed by atoms with Crippen LogP contribution in [0.4, 0.5) is 5.82 Å². The van der Waals surface area contributed by atoms with Crippen LogP contribution < -0.4 is 10.6 Å². The average Bonchev–Trinajstić information content (AvgIpc) is 3.23. The number of hydrogen-bond acceptors (Lipinski definition) is 5. The number of benzene rings is 2. The molecule has 2 aromatic carbocycles. The van der Waals surface area contributed by atoms with Gasteiger partial charge >= 0.3 is 0 Å². The van der Waals surface area contributed by atoms with Gasteiger partial charge in [-0.25, -0.2) is 4.98 Å². The highest BCUT2D eigenvalue weighted by atomic mass is 16.5. The SMILES string of the molecule is Cc1cc2c(C(=O)NCCC(C)C)cccc2n1-c1nc2c(c(NCc3ccccc3)n1)COCC2. The molecular weight excluding hydrogens is 450 g/mol. The molecule has 1 aliphatic rings. The van der Waals surface area contributed by atoms with Crippen molar-refractivity contribution < 1.29 is 9.53 Å². The lowest BCUT2D eigenvalue weighted by Gasteiger charge is -2.21. The minimum absolute atomic E-state index is 0.0490. The number of ether oxygens (including phenoxy) is 1. The standard InChI is InChI=1S/C29H33N5O2/c1-19(2)12-14-30-28(35)22-10-7-11-26-23(22)16-20(3)34(26)29-32-25-13-15-36-18-24(25)27(33-29)31-17-21-8-5-4-6-9-21/h4-11,16,19H,12-15,17-18H2,1-3H3,(H,30,35)(H,31,32,33). The van der Waals surface area contributed by atoms with Crippen molar-refractivity contribution in [2.45, 2.75) is 46.8 Å². The third-order valence-electron chi connectivity index (χ3n) is 6.60. The summed E-state index contributed by atoms with van der Waals surface area (Å²) in [5, 5.41) is 7.49. The summed E-state index contributed by atoms with van der Waals surface area (Å²) in [7, 11) is 0. The number of carbonyl (C=O) groups excluding carboxylic acids is 1. The Labute approximate surface area is 211 Å². The Kier molecular flexibility index (Phi) is 7.00. The van der Waals surface area contributed by atoms with Gasteiger partial charge in [-0.05, 0) is 43.0 Å². The first-order valence-electron chi connectivity index (χ1n) is 12.7. The van der Waals surface area contributed by atoms with Crippen LogP contribution in [-0.4, -0.2) is 33.6 Å². The van der Waals surface area contributed by atoms with E-state index >= 15 is 0 Å². The predicted octanol–water partition coefficient (Wildman–Crippen LogP) is 5.19. The maximum absolute atomic E-state index is 13.0. The van der Waals surface area contributed by atoms with E-state index < -0.39 is 0 Å². The van der Waals surface area contributed by atoms with Crippen molar-refractivity contribution in [3.8, 4) is 5.95 Å². The van der Waals surface area contributed by atoms with E-state index in [0.717, 1.165) is 46.5 Å². The lowest BCUT2D eigenvalue weighted by atomic mass is 10.1. The zero-order chi connectivity index (χ0) is 25.1. The second-order valence-electron chi connectivity index (χ2n) is 9.74. The van der Waals surface area contributed by atoms with Gasteiger partial charge < -0.3 is 15.4 Å². The van der Waals surface area contributed by atoms with Gasteiger partial charge in [0.25, 0.3) is 5.91 Å². The van der Waals surface area contributed by atoms with Crippen LogP contribution in [0.3, 0.4) is 0 Å². The van der Waals surface area contributed by atoms with E-state index in [2.05, 4.69) is 42.7 Å². The van der Waals surface area contributed by atoms with E-state index in [1.54, 1.807) is 0 Å². The molecule has 5 rings (SSSR count). The highest BCUT2D eigenvalue weighted by Gasteiger charge is 2.22. The Bertz CT molecular complexity index is 1380. The second-order valence-corrected chi connectivity index (χ2v) is 9.74. The van der Waals surface area contributed by atoms with Crippen molar-refractivity contribution in [2.24, 2.45) is 5.92 Å². The molecule has 36 heavy (non-hydrogen) atoms. The van der Waals surface area contributed by atoms with Crippen molar-refractivity contribution in [1.82, 2.24) is 19.9 Å². The molecule has 1 aliphatic heterocycles. The molecule has 0 fully saturated rings. The Morgan fingerprint density at radius 1 is 1.11 bits per heavy atom. The van der Waals surface area contributed by atoms with Gasteiger partial charge in [-0.3, -0.25) is 9.36 Å². The molecule has 2 N–H and O–H groups in total. The van der Waals surface area contributed by atoms with E-state index in [1.807, 2.05) is 47.9 Å². The maximum atomic E-state index is 13.0. The zero-order valence-corrected chi connectivity index (χ0v) is 21.2. The number of anilines is 1.